The van der Waals surface area contributed by atoms with E-state index in [1.54, 1.807) is 16.9 Å². The molecule has 0 aliphatic rings. The van der Waals surface area contributed by atoms with Gasteiger partial charge < -0.3 is 5.32 Å². The number of aryl methyl sites for hydroxylation is 1. The lowest BCUT2D eigenvalue weighted by Gasteiger charge is -2.12. The van der Waals surface area contributed by atoms with Crippen LogP contribution in [-0.4, -0.2) is 36.7 Å². The fourth-order valence-electron chi connectivity index (χ4n) is 2.64. The van der Waals surface area contributed by atoms with Gasteiger partial charge in [0.1, 0.15) is 0 Å². The van der Waals surface area contributed by atoms with Crippen LogP contribution in [0.1, 0.15) is 35.0 Å². The van der Waals surface area contributed by atoms with Gasteiger partial charge in [0.15, 0.2) is 5.69 Å². The molecule has 0 unspecified atom stereocenters. The molecule has 10 heteroatoms. The molecule has 1 atom stereocenters. The van der Waals surface area contributed by atoms with E-state index < -0.39 is 11.7 Å². The number of nitrogens with one attached hydrogen (secondary N) is 1. The lowest BCUT2D eigenvalue weighted by atomic mass is 10.1. The van der Waals surface area contributed by atoms with Crippen molar-refractivity contribution in [3.05, 3.63) is 65.7 Å². The number of alkyl halides is 3. The molecule has 0 saturated carbocycles. The minimum atomic E-state index is -4.41. The van der Waals surface area contributed by atoms with Crippen LogP contribution in [0.3, 0.4) is 0 Å². The van der Waals surface area contributed by atoms with E-state index in [1.807, 2.05) is 19.2 Å². The predicted octanol–water partition coefficient (Wildman–Crippen LogP) is 2.75. The quantitative estimate of drug-likeness (QED) is 0.671. The summed E-state index contributed by atoms with van der Waals surface area (Å²) in [6, 6.07) is 6.68. The van der Waals surface area contributed by atoms with Gasteiger partial charge in [0.05, 0.1) is 18.3 Å². The topological polar surface area (TPSA) is 77.6 Å². The van der Waals surface area contributed by atoms with Crippen molar-refractivity contribution in [2.24, 2.45) is 0 Å². The molecule has 28 heavy (non-hydrogen) atoms. The Morgan fingerprint density at radius 2 is 2.07 bits per heavy atom. The fourth-order valence-corrected chi connectivity index (χ4v) is 2.64. The summed E-state index contributed by atoms with van der Waals surface area (Å²) in [4.78, 5) is 12.3. The molecule has 3 aromatic rings. The van der Waals surface area contributed by atoms with Gasteiger partial charge in [-0.2, -0.15) is 18.3 Å². The van der Waals surface area contributed by atoms with Gasteiger partial charge in [0.25, 0.3) is 5.91 Å². The molecule has 0 radical (unpaired) electrons. The van der Waals surface area contributed by atoms with Gasteiger partial charge in [0, 0.05) is 25.0 Å². The van der Waals surface area contributed by atoms with E-state index in [-0.39, 0.29) is 24.2 Å². The van der Waals surface area contributed by atoms with Crippen LogP contribution < -0.4 is 5.32 Å². The van der Waals surface area contributed by atoms with Crippen molar-refractivity contribution in [3.8, 4) is 0 Å². The molecular formula is C18H19F3N6O. The number of hydrogen-bond donors (Lipinski definition) is 1. The van der Waals surface area contributed by atoms with Crippen LogP contribution in [0.4, 0.5) is 13.2 Å². The smallest absolute Gasteiger partial charge is 0.348 e. The van der Waals surface area contributed by atoms with Gasteiger partial charge in [-0.15, -0.1) is 5.10 Å². The summed E-state index contributed by atoms with van der Waals surface area (Å²) in [7, 11) is 0. The zero-order chi connectivity index (χ0) is 20.1. The third kappa shape index (κ3) is 5.18. The number of hydrogen-bond acceptors (Lipinski definition) is 4. The molecule has 0 spiro atoms. The molecule has 0 aliphatic heterocycles. The van der Waals surface area contributed by atoms with Crippen molar-refractivity contribution in [2.45, 2.75) is 38.7 Å². The van der Waals surface area contributed by atoms with Gasteiger partial charge in [0.2, 0.25) is 0 Å². The SMILES string of the molecule is C[C@H](CCn1cccn1)NC(=O)c1cn(Cc2cccc(C(F)(F)F)c2)nn1. The Morgan fingerprint density at radius 3 is 2.79 bits per heavy atom. The number of nitrogens with zero attached hydrogens (tertiary/aromatic N) is 5. The minimum Gasteiger partial charge on any atom is -0.348 e. The Hall–Kier alpha value is -3.17. The maximum absolute atomic E-state index is 12.8. The summed E-state index contributed by atoms with van der Waals surface area (Å²) >= 11 is 0. The Morgan fingerprint density at radius 1 is 1.25 bits per heavy atom. The maximum atomic E-state index is 12.8. The molecule has 1 amide bonds. The molecular weight excluding hydrogens is 373 g/mol. The fraction of sp³-hybridized carbons (Fsp3) is 0.333. The number of carbonyl (C=O) groups is 1. The Labute approximate surface area is 159 Å². The Balaban J connectivity index is 1.56. The first kappa shape index (κ1) is 19.6. The number of amides is 1. The third-order valence-electron chi connectivity index (χ3n) is 4.10. The molecule has 2 aromatic heterocycles. The molecule has 0 bridgehead atoms. The van der Waals surface area contributed by atoms with Crippen molar-refractivity contribution in [3.63, 3.8) is 0 Å². The highest BCUT2D eigenvalue weighted by Gasteiger charge is 2.30. The average Bonchev–Trinajstić information content (AvgIpc) is 3.31. The molecule has 148 valence electrons. The van der Waals surface area contributed by atoms with E-state index in [2.05, 4.69) is 20.7 Å². The highest BCUT2D eigenvalue weighted by molar-refractivity contribution is 5.92. The summed E-state index contributed by atoms with van der Waals surface area (Å²) in [5.74, 6) is -0.386. The summed E-state index contributed by atoms with van der Waals surface area (Å²) in [6.07, 6.45) is 1.22. The van der Waals surface area contributed by atoms with Crippen LogP contribution in [-0.2, 0) is 19.3 Å². The standard InChI is InChI=1S/C18H19F3N6O/c1-13(6-9-26-8-3-7-22-26)23-17(28)16-12-27(25-24-16)11-14-4-2-5-15(10-14)18(19,20)21/h2-5,7-8,10,12-13H,6,9,11H2,1H3,(H,23,28)/t13-/m1/s1. The zero-order valence-electron chi connectivity index (χ0n) is 15.1. The highest BCUT2D eigenvalue weighted by atomic mass is 19.4. The molecule has 0 saturated heterocycles. The maximum Gasteiger partial charge on any atom is 0.416 e. The summed E-state index contributed by atoms with van der Waals surface area (Å²) in [5.41, 5.74) is -0.203. The van der Waals surface area contributed by atoms with Crippen molar-refractivity contribution in [1.82, 2.24) is 30.1 Å². The average molecular weight is 392 g/mol. The lowest BCUT2D eigenvalue weighted by Crippen LogP contribution is -2.33. The van der Waals surface area contributed by atoms with Crippen molar-refractivity contribution in [1.29, 1.82) is 0 Å². The minimum absolute atomic E-state index is 0.0824. The predicted molar refractivity (Wildman–Crippen MR) is 94.3 cm³/mol. The number of carbonyl (C=O) groups excluding carboxylic acids is 1. The van der Waals surface area contributed by atoms with Gasteiger partial charge in [-0.05, 0) is 37.1 Å². The zero-order valence-corrected chi connectivity index (χ0v) is 15.1. The van der Waals surface area contributed by atoms with Gasteiger partial charge in [-0.1, -0.05) is 17.3 Å². The first-order chi connectivity index (χ1) is 13.3. The van der Waals surface area contributed by atoms with Crippen molar-refractivity contribution < 1.29 is 18.0 Å². The van der Waals surface area contributed by atoms with E-state index in [0.29, 0.717) is 18.5 Å². The van der Waals surface area contributed by atoms with E-state index >= 15 is 0 Å². The van der Waals surface area contributed by atoms with Crippen LogP contribution in [0.25, 0.3) is 0 Å². The first-order valence-electron chi connectivity index (χ1n) is 8.66. The lowest BCUT2D eigenvalue weighted by molar-refractivity contribution is -0.137. The molecule has 2 heterocycles. The van der Waals surface area contributed by atoms with Crippen LogP contribution in [0.15, 0.2) is 48.9 Å². The number of aromatic nitrogens is 5. The van der Waals surface area contributed by atoms with Crippen molar-refractivity contribution >= 4 is 5.91 Å². The van der Waals surface area contributed by atoms with E-state index in [9.17, 15) is 18.0 Å². The molecule has 7 nitrogen and oxygen atoms in total. The third-order valence-corrected chi connectivity index (χ3v) is 4.10. The van der Waals surface area contributed by atoms with Gasteiger partial charge in [-0.25, -0.2) is 4.68 Å². The summed E-state index contributed by atoms with van der Waals surface area (Å²) in [6.45, 7) is 2.62. The number of halogens is 3. The highest BCUT2D eigenvalue weighted by Crippen LogP contribution is 2.29. The van der Waals surface area contributed by atoms with E-state index in [4.69, 9.17) is 0 Å². The van der Waals surface area contributed by atoms with Crippen LogP contribution in [0.2, 0.25) is 0 Å². The van der Waals surface area contributed by atoms with Crippen LogP contribution in [0.5, 0.6) is 0 Å². The Kier molecular flexibility index (Phi) is 5.76. The molecule has 0 fully saturated rings. The Bertz CT molecular complexity index is 920. The second-order valence-corrected chi connectivity index (χ2v) is 6.43. The molecule has 0 aliphatic carbocycles. The van der Waals surface area contributed by atoms with E-state index in [1.165, 1.54) is 16.9 Å². The van der Waals surface area contributed by atoms with Crippen LogP contribution >= 0.6 is 0 Å². The monoisotopic (exact) mass is 392 g/mol. The second kappa shape index (κ2) is 8.24. The summed E-state index contributed by atoms with van der Waals surface area (Å²) in [5, 5.41) is 14.6. The van der Waals surface area contributed by atoms with E-state index in [0.717, 1.165) is 12.1 Å². The molecule has 1 aromatic carbocycles. The molecule has 1 N–H and O–H groups in total. The normalized spacial score (nSPS) is 12.7. The van der Waals surface area contributed by atoms with Gasteiger partial charge >= 0.3 is 6.18 Å². The number of benzene rings is 1. The largest absolute Gasteiger partial charge is 0.416 e. The second-order valence-electron chi connectivity index (χ2n) is 6.43. The first-order valence-corrected chi connectivity index (χ1v) is 8.66. The molecule has 3 rings (SSSR count). The number of rotatable bonds is 7. The summed E-state index contributed by atoms with van der Waals surface area (Å²) < 4.78 is 41.5. The van der Waals surface area contributed by atoms with Gasteiger partial charge in [-0.3, -0.25) is 9.48 Å². The van der Waals surface area contributed by atoms with Crippen LogP contribution in [0, 0.1) is 0 Å². The van der Waals surface area contributed by atoms with Crippen molar-refractivity contribution in [2.75, 3.05) is 0 Å².